The third-order valence-corrected chi connectivity index (χ3v) is 4.71. The van der Waals surface area contributed by atoms with Crippen molar-refractivity contribution in [3.8, 4) is 0 Å². The largest absolute Gasteiger partial charge is 0.444 e. The molecular formula is C25H40N4O5. The van der Waals surface area contributed by atoms with E-state index in [0.29, 0.717) is 5.56 Å². The molecule has 0 spiro atoms. The lowest BCUT2D eigenvalue weighted by molar-refractivity contribution is -0.143. The Morgan fingerprint density at radius 3 is 2.18 bits per heavy atom. The van der Waals surface area contributed by atoms with Crippen molar-refractivity contribution in [2.75, 3.05) is 6.54 Å². The smallest absolute Gasteiger partial charge is 0.408 e. The predicted octanol–water partition coefficient (Wildman–Crippen LogP) is 2.96. The molecule has 4 N–H and O–H groups in total. The summed E-state index contributed by atoms with van der Waals surface area (Å²) in [5.74, 6) is -1.46. The van der Waals surface area contributed by atoms with Crippen LogP contribution >= 0.6 is 0 Å². The Kier molecular flexibility index (Phi) is 10.1. The highest BCUT2D eigenvalue weighted by Gasteiger charge is 2.36. The first-order valence-corrected chi connectivity index (χ1v) is 11.5. The SMILES string of the molecule is CCN(C(=O)C(CCC(N)=O)NC(=O)OC(C)(C)C)C(C(=O)NC(C)(C)C)c1cccc(C)c1. The van der Waals surface area contributed by atoms with Gasteiger partial charge in [-0.3, -0.25) is 14.4 Å². The van der Waals surface area contributed by atoms with E-state index in [2.05, 4.69) is 10.6 Å². The molecule has 1 rings (SSSR count). The molecular weight excluding hydrogens is 436 g/mol. The second kappa shape index (κ2) is 11.9. The third kappa shape index (κ3) is 9.80. The zero-order valence-electron chi connectivity index (χ0n) is 21.7. The van der Waals surface area contributed by atoms with E-state index in [1.54, 1.807) is 33.8 Å². The number of amides is 4. The lowest BCUT2D eigenvalue weighted by atomic mass is 9.98. The molecule has 0 heterocycles. The van der Waals surface area contributed by atoms with Crippen molar-refractivity contribution in [1.29, 1.82) is 0 Å². The molecule has 0 saturated heterocycles. The first-order chi connectivity index (χ1) is 15.5. The molecule has 1 aromatic rings. The van der Waals surface area contributed by atoms with E-state index in [1.165, 1.54) is 4.90 Å². The molecule has 0 bridgehead atoms. The van der Waals surface area contributed by atoms with Crippen molar-refractivity contribution in [2.24, 2.45) is 5.73 Å². The van der Waals surface area contributed by atoms with Gasteiger partial charge in [-0.1, -0.05) is 29.8 Å². The van der Waals surface area contributed by atoms with Gasteiger partial charge in [0.05, 0.1) is 0 Å². The minimum atomic E-state index is -1.10. The Hall–Kier alpha value is -3.10. The van der Waals surface area contributed by atoms with Gasteiger partial charge in [0.15, 0.2) is 0 Å². The van der Waals surface area contributed by atoms with Gasteiger partial charge in [-0.2, -0.15) is 0 Å². The molecule has 9 heteroatoms. The van der Waals surface area contributed by atoms with Crippen molar-refractivity contribution in [3.63, 3.8) is 0 Å². The Balaban J connectivity index is 3.39. The molecule has 0 radical (unpaired) electrons. The number of nitrogens with two attached hydrogens (primary N) is 1. The number of rotatable bonds is 9. The maximum Gasteiger partial charge on any atom is 0.408 e. The molecule has 0 aliphatic carbocycles. The summed E-state index contributed by atoms with van der Waals surface area (Å²) in [5.41, 5.74) is 5.57. The fourth-order valence-corrected chi connectivity index (χ4v) is 3.41. The first kappa shape index (κ1) is 28.9. The number of carbonyl (C=O) groups is 4. The van der Waals surface area contributed by atoms with Crippen LogP contribution in [0.5, 0.6) is 0 Å². The molecule has 0 aliphatic rings. The van der Waals surface area contributed by atoms with Crippen LogP contribution < -0.4 is 16.4 Å². The molecule has 190 valence electrons. The Morgan fingerprint density at radius 2 is 1.71 bits per heavy atom. The highest BCUT2D eigenvalue weighted by Crippen LogP contribution is 2.25. The van der Waals surface area contributed by atoms with Crippen LogP contribution in [0.4, 0.5) is 4.79 Å². The quantitative estimate of drug-likeness (QED) is 0.504. The molecule has 9 nitrogen and oxygen atoms in total. The number of aryl methyl sites for hydroxylation is 1. The zero-order valence-corrected chi connectivity index (χ0v) is 21.7. The normalized spacial score (nSPS) is 13.4. The fraction of sp³-hybridized carbons (Fsp3) is 0.600. The summed E-state index contributed by atoms with van der Waals surface area (Å²) in [5, 5.41) is 5.51. The third-order valence-electron chi connectivity index (χ3n) is 4.71. The van der Waals surface area contributed by atoms with E-state index >= 15 is 0 Å². The summed E-state index contributed by atoms with van der Waals surface area (Å²) in [6, 6.07) is 5.33. The number of primary amides is 1. The van der Waals surface area contributed by atoms with Crippen LogP contribution in [0.3, 0.4) is 0 Å². The maximum absolute atomic E-state index is 13.7. The molecule has 0 aromatic heterocycles. The molecule has 2 atom stereocenters. The average molecular weight is 477 g/mol. The predicted molar refractivity (Wildman–Crippen MR) is 131 cm³/mol. The van der Waals surface area contributed by atoms with Crippen LogP contribution in [0.25, 0.3) is 0 Å². The van der Waals surface area contributed by atoms with E-state index in [4.69, 9.17) is 10.5 Å². The highest BCUT2D eigenvalue weighted by molar-refractivity contribution is 5.92. The second-order valence-corrected chi connectivity index (χ2v) is 10.4. The molecule has 34 heavy (non-hydrogen) atoms. The summed E-state index contributed by atoms with van der Waals surface area (Å²) >= 11 is 0. The zero-order chi connectivity index (χ0) is 26.3. The van der Waals surface area contributed by atoms with Crippen LogP contribution in [0.1, 0.15) is 78.5 Å². The minimum Gasteiger partial charge on any atom is -0.444 e. The van der Waals surface area contributed by atoms with Crippen molar-refractivity contribution < 1.29 is 23.9 Å². The Bertz CT molecular complexity index is 886. The van der Waals surface area contributed by atoms with E-state index < -0.39 is 41.1 Å². The van der Waals surface area contributed by atoms with Crippen molar-refractivity contribution in [3.05, 3.63) is 35.4 Å². The number of benzene rings is 1. The highest BCUT2D eigenvalue weighted by atomic mass is 16.6. The molecule has 1 aromatic carbocycles. The number of nitrogens with one attached hydrogen (secondary N) is 2. The number of hydrogen-bond acceptors (Lipinski definition) is 5. The first-order valence-electron chi connectivity index (χ1n) is 11.5. The van der Waals surface area contributed by atoms with E-state index in [-0.39, 0.29) is 25.3 Å². The van der Waals surface area contributed by atoms with Gasteiger partial charge in [-0.25, -0.2) is 4.79 Å². The number of likely N-dealkylation sites (N-methyl/N-ethyl adjacent to an activating group) is 1. The van der Waals surface area contributed by atoms with Gasteiger partial charge >= 0.3 is 6.09 Å². The van der Waals surface area contributed by atoms with Crippen LogP contribution in [0.2, 0.25) is 0 Å². The van der Waals surface area contributed by atoms with Gasteiger partial charge in [0.2, 0.25) is 17.7 Å². The van der Waals surface area contributed by atoms with Crippen LogP contribution in [-0.2, 0) is 19.1 Å². The summed E-state index contributed by atoms with van der Waals surface area (Å²) in [4.78, 5) is 52.3. The number of hydrogen-bond donors (Lipinski definition) is 3. The van der Waals surface area contributed by atoms with Gasteiger partial charge in [-0.05, 0) is 67.4 Å². The summed E-state index contributed by atoms with van der Waals surface area (Å²) < 4.78 is 5.30. The monoisotopic (exact) mass is 476 g/mol. The van der Waals surface area contributed by atoms with Crippen molar-refractivity contribution in [1.82, 2.24) is 15.5 Å². The number of carbonyl (C=O) groups excluding carboxylic acids is 4. The van der Waals surface area contributed by atoms with Crippen molar-refractivity contribution in [2.45, 2.75) is 91.5 Å². The lowest BCUT2D eigenvalue weighted by Gasteiger charge is -2.35. The Morgan fingerprint density at radius 1 is 1.09 bits per heavy atom. The number of alkyl carbamates (subject to hydrolysis) is 1. The fourth-order valence-electron chi connectivity index (χ4n) is 3.41. The summed E-state index contributed by atoms with van der Waals surface area (Å²) in [7, 11) is 0. The van der Waals surface area contributed by atoms with Gasteiger partial charge in [0.1, 0.15) is 17.7 Å². The van der Waals surface area contributed by atoms with Crippen molar-refractivity contribution >= 4 is 23.8 Å². The van der Waals surface area contributed by atoms with Crippen LogP contribution in [-0.4, -0.2) is 52.4 Å². The van der Waals surface area contributed by atoms with E-state index in [1.807, 2.05) is 45.9 Å². The van der Waals surface area contributed by atoms with Gasteiger partial charge in [0, 0.05) is 18.5 Å². The molecule has 0 fully saturated rings. The second-order valence-electron chi connectivity index (χ2n) is 10.4. The van der Waals surface area contributed by atoms with E-state index in [9.17, 15) is 19.2 Å². The van der Waals surface area contributed by atoms with E-state index in [0.717, 1.165) is 5.56 Å². The molecule has 4 amide bonds. The van der Waals surface area contributed by atoms with Gasteiger partial charge < -0.3 is 26.0 Å². The molecule has 0 saturated carbocycles. The summed E-state index contributed by atoms with van der Waals surface area (Å²) in [6.07, 6.45) is -0.934. The topological polar surface area (TPSA) is 131 Å². The van der Waals surface area contributed by atoms with Crippen LogP contribution in [0, 0.1) is 6.92 Å². The van der Waals surface area contributed by atoms with Gasteiger partial charge in [-0.15, -0.1) is 0 Å². The summed E-state index contributed by atoms with van der Waals surface area (Å²) in [6.45, 7) is 14.5. The molecule has 2 unspecified atom stereocenters. The Labute approximate surface area is 202 Å². The number of nitrogens with zero attached hydrogens (tertiary/aromatic N) is 1. The van der Waals surface area contributed by atoms with Crippen LogP contribution in [0.15, 0.2) is 24.3 Å². The maximum atomic E-state index is 13.7. The minimum absolute atomic E-state index is 0.0225. The molecule has 0 aliphatic heterocycles. The standard InChI is InChI=1S/C25H40N4O5/c1-9-29(20(21(31)28-24(3,4)5)17-12-10-11-16(2)15-17)22(32)18(13-14-19(26)30)27-23(33)34-25(6,7)8/h10-12,15,18,20H,9,13-14H2,1-8H3,(H2,26,30)(H,27,33)(H,28,31). The van der Waals surface area contributed by atoms with Gasteiger partial charge in [0.25, 0.3) is 0 Å². The number of ether oxygens (including phenoxy) is 1. The lowest BCUT2D eigenvalue weighted by Crippen LogP contribution is -2.54. The average Bonchev–Trinajstić information content (AvgIpc) is 2.65.